The maximum absolute atomic E-state index is 13.8. The molecule has 1 heterocycles. The van der Waals surface area contributed by atoms with Crippen molar-refractivity contribution in [3.05, 3.63) is 87.5 Å². The van der Waals surface area contributed by atoms with Crippen LogP contribution in [0.5, 0.6) is 0 Å². The normalized spacial score (nSPS) is 13.9. The van der Waals surface area contributed by atoms with Crippen LogP contribution in [0, 0.1) is 12.7 Å². The first-order valence-electron chi connectivity index (χ1n) is 9.88. The molecule has 0 fully saturated rings. The number of anilines is 1. The number of hydrogen-bond donors (Lipinski definition) is 2. The summed E-state index contributed by atoms with van der Waals surface area (Å²) in [5, 5.41) is 7.04. The molecule has 0 aromatic heterocycles. The zero-order valence-corrected chi connectivity index (χ0v) is 19.4. The van der Waals surface area contributed by atoms with Crippen LogP contribution < -0.4 is 15.8 Å². The lowest BCUT2D eigenvalue weighted by Gasteiger charge is -2.26. The molecule has 11 heteroatoms. The van der Waals surface area contributed by atoms with Gasteiger partial charge in [-0.15, -0.1) is 0 Å². The minimum Gasteiger partial charge on any atom is -0.408 e. The van der Waals surface area contributed by atoms with Gasteiger partial charge in [0.1, 0.15) is 5.82 Å². The van der Waals surface area contributed by atoms with Crippen LogP contribution in [0.2, 0.25) is 5.02 Å². The fraction of sp³-hybridized carbons (Fsp3) is 0.217. The van der Waals surface area contributed by atoms with Crippen molar-refractivity contribution >= 4 is 29.9 Å². The van der Waals surface area contributed by atoms with Crippen LogP contribution in [-0.4, -0.2) is 32.4 Å². The number of benzene rings is 2. The Morgan fingerprint density at radius 2 is 1.85 bits per heavy atom. The lowest BCUT2D eigenvalue weighted by Crippen LogP contribution is -2.30. The van der Waals surface area contributed by atoms with Crippen molar-refractivity contribution < 1.29 is 27.2 Å². The first-order valence-corrected chi connectivity index (χ1v) is 10.3. The van der Waals surface area contributed by atoms with Gasteiger partial charge >= 0.3 is 6.18 Å². The molecule has 0 aliphatic carbocycles. The van der Waals surface area contributed by atoms with Crippen LogP contribution in [0.15, 0.2) is 76.2 Å². The molecule has 1 amide bonds. The van der Waals surface area contributed by atoms with E-state index in [1.54, 1.807) is 37.3 Å². The van der Waals surface area contributed by atoms with Crippen LogP contribution >= 0.6 is 11.6 Å². The standard InChI is InChI=1S/C16H17F3N4O2.C7H6ClF/c1-10(13-12(9-22-25-13)15(24)20-2)14(16(17,18)19)23(21-3)11-7-5-4-6-8-11;1-5-6(8)3-2-4-7(5)9/h4-8,22H,3,9H2,1-2H3,(H,20,24);2-4H,1H3/b14-10+;. The Hall–Kier alpha value is -3.37. The third-order valence-corrected chi connectivity index (χ3v) is 5.13. The van der Waals surface area contributed by atoms with Crippen LogP contribution in [0.3, 0.4) is 0 Å². The van der Waals surface area contributed by atoms with Gasteiger partial charge in [-0.05, 0) is 38.1 Å². The number of carbonyl (C=O) groups is 1. The number of alkyl halides is 3. The molecule has 0 unspecified atom stereocenters. The number of rotatable bonds is 5. The van der Waals surface area contributed by atoms with E-state index in [4.69, 9.17) is 16.4 Å². The molecule has 2 aromatic carbocycles. The Morgan fingerprint density at radius 3 is 2.35 bits per heavy atom. The highest BCUT2D eigenvalue weighted by molar-refractivity contribution is 6.31. The predicted molar refractivity (Wildman–Crippen MR) is 124 cm³/mol. The number of nitrogens with zero attached hydrogens (tertiary/aromatic N) is 2. The van der Waals surface area contributed by atoms with Gasteiger partial charge in [0.25, 0.3) is 5.91 Å². The van der Waals surface area contributed by atoms with Gasteiger partial charge in [-0.2, -0.15) is 23.8 Å². The molecular formula is C23H23ClF4N4O2. The van der Waals surface area contributed by atoms with Crippen molar-refractivity contribution in [2.45, 2.75) is 20.0 Å². The molecule has 0 bridgehead atoms. The van der Waals surface area contributed by atoms with Crippen molar-refractivity contribution in [1.82, 2.24) is 10.8 Å². The van der Waals surface area contributed by atoms with Gasteiger partial charge < -0.3 is 10.2 Å². The van der Waals surface area contributed by atoms with Gasteiger partial charge in [-0.1, -0.05) is 35.9 Å². The molecule has 3 rings (SSSR count). The van der Waals surface area contributed by atoms with Crippen molar-refractivity contribution in [3.8, 4) is 0 Å². The third kappa shape index (κ3) is 6.36. The molecule has 34 heavy (non-hydrogen) atoms. The highest BCUT2D eigenvalue weighted by atomic mass is 35.5. The molecule has 6 nitrogen and oxygen atoms in total. The topological polar surface area (TPSA) is 66.0 Å². The Bertz CT molecular complexity index is 1080. The smallest absolute Gasteiger partial charge is 0.408 e. The van der Waals surface area contributed by atoms with Gasteiger partial charge in [-0.3, -0.25) is 4.79 Å². The summed E-state index contributed by atoms with van der Waals surface area (Å²) >= 11 is 5.57. The fourth-order valence-corrected chi connectivity index (χ4v) is 3.15. The summed E-state index contributed by atoms with van der Waals surface area (Å²) < 4.78 is 53.8. The molecule has 0 saturated heterocycles. The maximum Gasteiger partial charge on any atom is 0.433 e. The van der Waals surface area contributed by atoms with Gasteiger partial charge in [0.15, 0.2) is 11.5 Å². The van der Waals surface area contributed by atoms with Gasteiger partial charge in [0.05, 0.1) is 17.8 Å². The number of para-hydroxylation sites is 1. The van der Waals surface area contributed by atoms with Crippen molar-refractivity contribution in [2.75, 3.05) is 18.6 Å². The van der Waals surface area contributed by atoms with Crippen molar-refractivity contribution in [3.63, 3.8) is 0 Å². The number of hydroxylamine groups is 1. The number of halogens is 5. The van der Waals surface area contributed by atoms with Crippen LogP contribution in [0.1, 0.15) is 12.5 Å². The van der Waals surface area contributed by atoms with E-state index in [-0.39, 0.29) is 35.0 Å². The minimum absolute atomic E-state index is 0.00958. The second-order valence-electron chi connectivity index (χ2n) is 6.92. The zero-order chi connectivity index (χ0) is 25.5. The van der Waals surface area contributed by atoms with Crippen molar-refractivity contribution in [1.29, 1.82) is 0 Å². The number of likely N-dealkylation sites (N-methyl/N-ethyl adjacent to an activating group) is 1. The number of allylic oxidation sites excluding steroid dienone is 2. The molecule has 2 N–H and O–H groups in total. The van der Waals surface area contributed by atoms with E-state index in [0.29, 0.717) is 15.6 Å². The van der Waals surface area contributed by atoms with Crippen LogP contribution in [-0.2, 0) is 9.63 Å². The molecule has 2 aromatic rings. The van der Waals surface area contributed by atoms with Gasteiger partial charge in [-0.25, -0.2) is 9.40 Å². The average Bonchev–Trinajstić information content (AvgIpc) is 3.30. The summed E-state index contributed by atoms with van der Waals surface area (Å²) in [7, 11) is 1.39. The summed E-state index contributed by atoms with van der Waals surface area (Å²) in [4.78, 5) is 16.9. The predicted octanol–water partition coefficient (Wildman–Crippen LogP) is 5.27. The van der Waals surface area contributed by atoms with Crippen LogP contribution in [0.25, 0.3) is 0 Å². The molecule has 0 atom stereocenters. The second-order valence-corrected chi connectivity index (χ2v) is 7.32. The Kier molecular flexibility index (Phi) is 9.22. The van der Waals surface area contributed by atoms with E-state index in [1.807, 2.05) is 0 Å². The van der Waals surface area contributed by atoms with E-state index in [1.165, 1.54) is 32.2 Å². The first kappa shape index (κ1) is 26.9. The highest BCUT2D eigenvalue weighted by Gasteiger charge is 2.42. The Balaban J connectivity index is 0.000000379. The van der Waals surface area contributed by atoms with Gasteiger partial charge in [0.2, 0.25) is 0 Å². The lowest BCUT2D eigenvalue weighted by molar-refractivity contribution is -0.117. The number of carbonyl (C=O) groups excluding carboxylic acids is 1. The van der Waals surface area contributed by atoms with E-state index in [0.717, 1.165) is 0 Å². The van der Waals surface area contributed by atoms with Crippen molar-refractivity contribution in [2.24, 2.45) is 5.10 Å². The largest absolute Gasteiger partial charge is 0.433 e. The molecule has 1 aliphatic heterocycles. The molecule has 0 saturated carbocycles. The summed E-state index contributed by atoms with van der Waals surface area (Å²) in [5.41, 5.74) is 1.81. The van der Waals surface area contributed by atoms with E-state index >= 15 is 0 Å². The summed E-state index contributed by atoms with van der Waals surface area (Å²) in [6, 6.07) is 12.4. The number of hydrazone groups is 1. The number of amides is 1. The lowest BCUT2D eigenvalue weighted by atomic mass is 10.1. The molecule has 182 valence electrons. The van der Waals surface area contributed by atoms with E-state index in [2.05, 4.69) is 22.6 Å². The second kappa shape index (κ2) is 11.7. The zero-order valence-electron chi connectivity index (χ0n) is 18.6. The third-order valence-electron chi connectivity index (χ3n) is 4.72. The first-order chi connectivity index (χ1) is 16.0. The van der Waals surface area contributed by atoms with Crippen LogP contribution in [0.4, 0.5) is 23.2 Å². The quantitative estimate of drug-likeness (QED) is 0.335. The van der Waals surface area contributed by atoms with E-state index in [9.17, 15) is 22.4 Å². The Labute approximate surface area is 199 Å². The monoisotopic (exact) mass is 498 g/mol. The van der Waals surface area contributed by atoms with Gasteiger partial charge in [0, 0.05) is 29.9 Å². The number of nitrogens with one attached hydrogen (secondary N) is 2. The SMILES string of the molecule is C=NN(/C(=C(\C)C1=C(C(=O)NC)CNO1)C(F)(F)F)c1ccccc1.Cc1c(F)cccc1Cl. The molecule has 0 radical (unpaired) electrons. The fourth-order valence-electron chi connectivity index (χ4n) is 2.99. The average molecular weight is 499 g/mol. The maximum atomic E-state index is 13.8. The summed E-state index contributed by atoms with van der Waals surface area (Å²) in [6.07, 6.45) is -4.76. The molecular weight excluding hydrogens is 476 g/mol. The molecule has 0 spiro atoms. The van der Waals surface area contributed by atoms with E-state index < -0.39 is 17.8 Å². The number of hydrogen-bond acceptors (Lipinski definition) is 5. The minimum atomic E-state index is -4.76. The Morgan fingerprint density at radius 1 is 1.21 bits per heavy atom. The summed E-state index contributed by atoms with van der Waals surface area (Å²) in [6.45, 7) is 6.10. The summed E-state index contributed by atoms with van der Waals surface area (Å²) in [5.74, 6) is -0.961. The molecule has 1 aliphatic rings. The highest BCUT2D eigenvalue weighted by Crippen LogP contribution is 2.37.